The molecule has 0 aliphatic carbocycles. The standard InChI is InChI=1S/C21H28FNO3S/c1-21(2,3)18(24)14-23-12-4-7-17(20(25)26)19(23)27-13-5-6-15-8-10-16(22)11-9-15/h4,7-11,18,24H,5-6,12-14H2,1-3H3,(H,25,26). The van der Waals surface area contributed by atoms with Crippen LogP contribution in [0.2, 0.25) is 0 Å². The molecule has 1 atom stereocenters. The van der Waals surface area contributed by atoms with Gasteiger partial charge in [-0.05, 0) is 47.8 Å². The molecule has 0 spiro atoms. The third kappa shape index (κ3) is 6.40. The van der Waals surface area contributed by atoms with Crippen molar-refractivity contribution in [2.75, 3.05) is 18.8 Å². The molecule has 1 aliphatic rings. The largest absolute Gasteiger partial charge is 0.478 e. The van der Waals surface area contributed by atoms with Gasteiger partial charge in [0.05, 0.1) is 16.7 Å². The Morgan fingerprint density at radius 3 is 2.56 bits per heavy atom. The van der Waals surface area contributed by atoms with Crippen molar-refractivity contribution in [3.05, 3.63) is 58.4 Å². The summed E-state index contributed by atoms with van der Waals surface area (Å²) < 4.78 is 13.0. The molecular weight excluding hydrogens is 365 g/mol. The van der Waals surface area contributed by atoms with Gasteiger partial charge in [0, 0.05) is 13.1 Å². The number of aliphatic carboxylic acids is 1. The van der Waals surface area contributed by atoms with Crippen molar-refractivity contribution in [2.24, 2.45) is 5.41 Å². The molecule has 2 rings (SSSR count). The molecule has 27 heavy (non-hydrogen) atoms. The third-order valence-electron chi connectivity index (χ3n) is 4.51. The van der Waals surface area contributed by atoms with Crippen LogP contribution in [0.5, 0.6) is 0 Å². The number of carboxylic acid groups (broad SMARTS) is 1. The van der Waals surface area contributed by atoms with Gasteiger partial charge in [0.15, 0.2) is 0 Å². The Labute approximate surface area is 164 Å². The number of aliphatic hydroxyl groups is 1. The van der Waals surface area contributed by atoms with Gasteiger partial charge in [0.25, 0.3) is 0 Å². The van der Waals surface area contributed by atoms with Crippen molar-refractivity contribution in [3.8, 4) is 0 Å². The maximum Gasteiger partial charge on any atom is 0.338 e. The summed E-state index contributed by atoms with van der Waals surface area (Å²) >= 11 is 1.51. The second-order valence-corrected chi connectivity index (χ2v) is 8.88. The van der Waals surface area contributed by atoms with E-state index in [4.69, 9.17) is 0 Å². The van der Waals surface area contributed by atoms with Gasteiger partial charge in [-0.25, -0.2) is 9.18 Å². The number of halogens is 1. The number of aliphatic hydroxyl groups excluding tert-OH is 1. The highest BCUT2D eigenvalue weighted by molar-refractivity contribution is 8.03. The molecule has 0 radical (unpaired) electrons. The molecule has 6 heteroatoms. The minimum Gasteiger partial charge on any atom is -0.478 e. The Morgan fingerprint density at radius 1 is 1.30 bits per heavy atom. The van der Waals surface area contributed by atoms with Gasteiger partial charge in [0.2, 0.25) is 0 Å². The summed E-state index contributed by atoms with van der Waals surface area (Å²) in [6.07, 6.45) is 4.57. The second kappa shape index (κ2) is 9.42. The van der Waals surface area contributed by atoms with Crippen LogP contribution in [0.4, 0.5) is 4.39 Å². The normalized spacial score (nSPS) is 16.0. The van der Waals surface area contributed by atoms with E-state index in [1.165, 1.54) is 23.9 Å². The van der Waals surface area contributed by atoms with E-state index >= 15 is 0 Å². The van der Waals surface area contributed by atoms with Crippen molar-refractivity contribution in [1.82, 2.24) is 4.90 Å². The van der Waals surface area contributed by atoms with Crippen LogP contribution in [-0.4, -0.2) is 46.0 Å². The maximum atomic E-state index is 13.0. The molecule has 148 valence electrons. The molecule has 1 aliphatic heterocycles. The average Bonchev–Trinajstić information content (AvgIpc) is 2.60. The molecular formula is C21H28FNO3S. The van der Waals surface area contributed by atoms with E-state index in [9.17, 15) is 19.4 Å². The third-order valence-corrected chi connectivity index (χ3v) is 5.76. The van der Waals surface area contributed by atoms with Crippen LogP contribution in [0, 0.1) is 11.2 Å². The highest BCUT2D eigenvalue weighted by Gasteiger charge is 2.28. The first-order valence-electron chi connectivity index (χ1n) is 9.13. The zero-order chi connectivity index (χ0) is 20.0. The van der Waals surface area contributed by atoms with E-state index in [2.05, 4.69) is 0 Å². The Balaban J connectivity index is 2.01. The zero-order valence-electron chi connectivity index (χ0n) is 16.1. The number of benzene rings is 1. The molecule has 0 amide bonds. The van der Waals surface area contributed by atoms with Crippen LogP contribution >= 0.6 is 11.8 Å². The second-order valence-electron chi connectivity index (χ2n) is 7.79. The number of rotatable bonds is 8. The lowest BCUT2D eigenvalue weighted by atomic mass is 9.89. The number of carbonyl (C=O) groups is 1. The van der Waals surface area contributed by atoms with Gasteiger partial charge in [-0.1, -0.05) is 39.0 Å². The molecule has 2 N–H and O–H groups in total. The van der Waals surface area contributed by atoms with Crippen LogP contribution in [0.15, 0.2) is 47.0 Å². The van der Waals surface area contributed by atoms with Crippen LogP contribution in [0.25, 0.3) is 0 Å². The summed E-state index contributed by atoms with van der Waals surface area (Å²) in [6.45, 7) is 6.88. The number of hydrogen-bond donors (Lipinski definition) is 2. The number of thioether (sulfide) groups is 1. The van der Waals surface area contributed by atoms with Gasteiger partial charge < -0.3 is 15.1 Å². The predicted molar refractivity (Wildman–Crippen MR) is 108 cm³/mol. The Morgan fingerprint density at radius 2 is 1.96 bits per heavy atom. The van der Waals surface area contributed by atoms with Crippen molar-refractivity contribution >= 4 is 17.7 Å². The van der Waals surface area contributed by atoms with E-state index in [1.54, 1.807) is 18.2 Å². The molecule has 1 aromatic carbocycles. The van der Waals surface area contributed by atoms with Crippen LogP contribution in [0.1, 0.15) is 32.8 Å². The Bertz CT molecular complexity index is 707. The highest BCUT2D eigenvalue weighted by Crippen LogP contribution is 2.31. The molecule has 1 unspecified atom stereocenters. The first-order valence-corrected chi connectivity index (χ1v) is 10.1. The average molecular weight is 394 g/mol. The topological polar surface area (TPSA) is 60.8 Å². The molecule has 1 aromatic rings. The number of aryl methyl sites for hydroxylation is 1. The quantitative estimate of drug-likeness (QED) is 0.652. The molecule has 0 saturated carbocycles. The Hall–Kier alpha value is -1.79. The molecule has 0 saturated heterocycles. The summed E-state index contributed by atoms with van der Waals surface area (Å²) in [4.78, 5) is 13.6. The van der Waals surface area contributed by atoms with Crippen molar-refractivity contribution in [3.63, 3.8) is 0 Å². The summed E-state index contributed by atoms with van der Waals surface area (Å²) in [5.41, 5.74) is 1.06. The van der Waals surface area contributed by atoms with E-state index in [1.807, 2.05) is 31.7 Å². The number of nitrogens with zero attached hydrogens (tertiary/aromatic N) is 1. The zero-order valence-corrected chi connectivity index (χ0v) is 16.9. The number of carboxylic acids is 1. The van der Waals surface area contributed by atoms with E-state index in [0.29, 0.717) is 18.1 Å². The maximum absolute atomic E-state index is 13.0. The smallest absolute Gasteiger partial charge is 0.338 e. The lowest BCUT2D eigenvalue weighted by Crippen LogP contribution is -2.40. The lowest BCUT2D eigenvalue weighted by Gasteiger charge is -2.35. The fourth-order valence-electron chi connectivity index (χ4n) is 2.69. The van der Waals surface area contributed by atoms with Gasteiger partial charge >= 0.3 is 5.97 Å². The summed E-state index contributed by atoms with van der Waals surface area (Å²) in [5.74, 6) is -0.451. The molecule has 4 nitrogen and oxygen atoms in total. The monoisotopic (exact) mass is 393 g/mol. The van der Waals surface area contributed by atoms with E-state index < -0.39 is 12.1 Å². The SMILES string of the molecule is CC(C)(C)C(O)CN1CC=CC(C(=O)O)=C1SCCCc1ccc(F)cc1. The number of hydrogen-bond acceptors (Lipinski definition) is 4. The van der Waals surface area contributed by atoms with Crippen LogP contribution < -0.4 is 0 Å². The van der Waals surface area contributed by atoms with Crippen molar-refractivity contribution < 1.29 is 19.4 Å². The first kappa shape index (κ1) is 21.5. The fraction of sp³-hybridized carbons (Fsp3) is 0.476. The van der Waals surface area contributed by atoms with Gasteiger partial charge in [-0.15, -0.1) is 11.8 Å². The van der Waals surface area contributed by atoms with E-state index in [0.717, 1.165) is 24.2 Å². The highest BCUT2D eigenvalue weighted by atomic mass is 32.2. The van der Waals surface area contributed by atoms with Crippen molar-refractivity contribution in [1.29, 1.82) is 0 Å². The first-order chi connectivity index (χ1) is 12.7. The Kier molecular flexibility index (Phi) is 7.50. The van der Waals surface area contributed by atoms with Crippen LogP contribution in [0.3, 0.4) is 0 Å². The van der Waals surface area contributed by atoms with Gasteiger partial charge in [0.1, 0.15) is 5.82 Å². The van der Waals surface area contributed by atoms with Gasteiger partial charge in [-0.3, -0.25) is 0 Å². The summed E-state index contributed by atoms with van der Waals surface area (Å²) in [5, 5.41) is 20.7. The fourth-order valence-corrected chi connectivity index (χ4v) is 3.81. The molecule has 0 bridgehead atoms. The molecule has 0 fully saturated rings. The molecule has 1 heterocycles. The number of β-amino-alcohol motifs (C(OH)–C–C–N with tert-alkyl or cyclic N) is 1. The van der Waals surface area contributed by atoms with Crippen molar-refractivity contribution in [2.45, 2.75) is 39.7 Å². The summed E-state index contributed by atoms with van der Waals surface area (Å²) in [6, 6.07) is 6.46. The van der Waals surface area contributed by atoms with Gasteiger partial charge in [-0.2, -0.15) is 0 Å². The minimum absolute atomic E-state index is 0.244. The molecule has 0 aromatic heterocycles. The minimum atomic E-state index is -0.956. The summed E-state index contributed by atoms with van der Waals surface area (Å²) in [7, 11) is 0. The van der Waals surface area contributed by atoms with Crippen LogP contribution in [-0.2, 0) is 11.2 Å². The predicted octanol–water partition coefficient (Wildman–Crippen LogP) is 4.07. The van der Waals surface area contributed by atoms with E-state index in [-0.39, 0.29) is 16.8 Å². The lowest BCUT2D eigenvalue weighted by molar-refractivity contribution is -0.132.